The molecule has 48 heavy (non-hydrogen) atoms. The molecule has 0 bridgehead atoms. The summed E-state index contributed by atoms with van der Waals surface area (Å²) in [6, 6.07) is 0. The van der Waals surface area contributed by atoms with E-state index in [1.54, 1.807) is 5.57 Å². The molecule has 9 atom stereocenters. The molecule has 4 aliphatic carbocycles. The molecule has 0 radical (unpaired) electrons. The SMILES string of the molecule is CC(C)CCC[C@@H](C)[C@H]1CC[C@H]2[C@@H]3CC=C4C[C@@H](OC(=O)NCCCCCCCCCCCCOP(C)(=O)O)CC[C@]4(C)[C@H]3CC[C@]12C. The fourth-order valence-electron chi connectivity index (χ4n) is 11.0. The maximum absolute atomic E-state index is 12.7. The zero-order valence-electron chi connectivity index (χ0n) is 31.9. The molecule has 4 rings (SSSR count). The standard InChI is InChI=1S/C41H74NO5P/c1-31(2)18-17-19-32(3)36-22-23-37-35-21-20-33-30-34(24-26-40(33,4)38(35)25-27-41(36,37)5)47-39(43)42-28-15-13-11-9-7-8-10-12-14-16-29-46-48(6,44)45/h20,31-32,34-38H,7-19,21-30H2,1-6H3,(H,42,43)(H,44,45)/t32-,34+,35+,36-,37+,38+,40+,41-/m1/s1. The molecule has 4 aliphatic rings. The lowest BCUT2D eigenvalue weighted by molar-refractivity contribution is -0.0581. The van der Waals surface area contributed by atoms with E-state index in [4.69, 9.17) is 14.2 Å². The number of amides is 1. The quantitative estimate of drug-likeness (QED) is 0.0754. The number of hydrogen-bond donors (Lipinski definition) is 2. The van der Waals surface area contributed by atoms with Gasteiger partial charge in [-0.05, 0) is 104 Å². The van der Waals surface area contributed by atoms with Crippen LogP contribution in [0, 0.1) is 46.3 Å². The van der Waals surface area contributed by atoms with Crippen LogP contribution in [0.4, 0.5) is 4.79 Å². The van der Waals surface area contributed by atoms with E-state index in [-0.39, 0.29) is 12.2 Å². The third-order valence-corrected chi connectivity index (χ3v) is 14.4. The van der Waals surface area contributed by atoms with Gasteiger partial charge >= 0.3 is 13.7 Å². The second-order valence-corrected chi connectivity index (χ2v) is 19.5. The summed E-state index contributed by atoms with van der Waals surface area (Å²) in [6.07, 6.45) is 28.0. The third-order valence-electron chi connectivity index (χ3n) is 13.7. The zero-order chi connectivity index (χ0) is 34.8. The van der Waals surface area contributed by atoms with Crippen LogP contribution in [0.15, 0.2) is 11.6 Å². The van der Waals surface area contributed by atoms with Crippen molar-refractivity contribution in [2.24, 2.45) is 46.3 Å². The molecule has 0 aromatic carbocycles. The minimum absolute atomic E-state index is 0.0212. The maximum Gasteiger partial charge on any atom is 0.407 e. The van der Waals surface area contributed by atoms with E-state index in [1.807, 2.05) is 0 Å². The molecule has 278 valence electrons. The summed E-state index contributed by atoms with van der Waals surface area (Å²) >= 11 is 0. The molecule has 2 N–H and O–H groups in total. The molecule has 0 aliphatic heterocycles. The van der Waals surface area contributed by atoms with E-state index in [1.165, 1.54) is 90.1 Å². The number of ether oxygens (including phenoxy) is 1. The van der Waals surface area contributed by atoms with Gasteiger partial charge in [0, 0.05) is 19.6 Å². The van der Waals surface area contributed by atoms with Crippen LogP contribution in [-0.2, 0) is 13.8 Å². The molecule has 0 heterocycles. The van der Waals surface area contributed by atoms with Gasteiger partial charge in [0.2, 0.25) is 0 Å². The van der Waals surface area contributed by atoms with Crippen molar-refractivity contribution in [3.8, 4) is 0 Å². The molecule has 1 amide bonds. The lowest BCUT2D eigenvalue weighted by Crippen LogP contribution is -2.51. The number of allylic oxidation sites excluding steroid dienone is 1. The molecular weight excluding hydrogens is 617 g/mol. The summed E-state index contributed by atoms with van der Waals surface area (Å²) in [5, 5.41) is 3.04. The number of carbonyl (C=O) groups excluding carboxylic acids is 1. The highest BCUT2D eigenvalue weighted by molar-refractivity contribution is 7.51. The van der Waals surface area contributed by atoms with E-state index < -0.39 is 7.60 Å². The molecule has 7 heteroatoms. The third kappa shape index (κ3) is 11.1. The summed E-state index contributed by atoms with van der Waals surface area (Å²) < 4.78 is 22.0. The van der Waals surface area contributed by atoms with Crippen LogP contribution >= 0.6 is 7.60 Å². The van der Waals surface area contributed by atoms with Gasteiger partial charge in [0.25, 0.3) is 0 Å². The average molecular weight is 692 g/mol. The molecule has 1 unspecified atom stereocenters. The van der Waals surface area contributed by atoms with Crippen molar-refractivity contribution in [1.82, 2.24) is 5.32 Å². The van der Waals surface area contributed by atoms with Crippen LogP contribution < -0.4 is 5.32 Å². The summed E-state index contributed by atoms with van der Waals surface area (Å²) in [6.45, 7) is 14.9. The monoisotopic (exact) mass is 692 g/mol. The van der Waals surface area contributed by atoms with Crippen molar-refractivity contribution in [1.29, 1.82) is 0 Å². The van der Waals surface area contributed by atoms with E-state index in [9.17, 15) is 9.36 Å². The van der Waals surface area contributed by atoms with Gasteiger partial charge in [-0.25, -0.2) is 4.79 Å². The topological polar surface area (TPSA) is 84.9 Å². The van der Waals surface area contributed by atoms with Gasteiger partial charge in [-0.1, -0.05) is 117 Å². The first kappa shape index (κ1) is 39.9. The summed E-state index contributed by atoms with van der Waals surface area (Å²) in [4.78, 5) is 21.8. The van der Waals surface area contributed by atoms with E-state index in [0.717, 1.165) is 86.9 Å². The fourth-order valence-corrected chi connectivity index (χ4v) is 11.5. The molecule has 0 spiro atoms. The van der Waals surface area contributed by atoms with Gasteiger partial charge in [0.1, 0.15) is 6.10 Å². The second kappa shape index (κ2) is 18.6. The first-order valence-corrected chi connectivity index (χ1v) is 22.4. The molecule has 0 aromatic rings. The molecule has 0 saturated heterocycles. The predicted molar refractivity (Wildman–Crippen MR) is 199 cm³/mol. The Hall–Kier alpha value is -0.840. The largest absolute Gasteiger partial charge is 0.446 e. The Morgan fingerprint density at radius 2 is 1.56 bits per heavy atom. The Labute approximate surface area is 295 Å². The number of rotatable bonds is 20. The highest BCUT2D eigenvalue weighted by Gasteiger charge is 2.59. The number of nitrogens with one attached hydrogen (secondary N) is 1. The zero-order valence-corrected chi connectivity index (χ0v) is 32.8. The Kier molecular flexibility index (Phi) is 15.5. The Balaban J connectivity index is 1.10. The fraction of sp³-hybridized carbons (Fsp3) is 0.927. The van der Waals surface area contributed by atoms with Crippen molar-refractivity contribution in [2.45, 2.75) is 176 Å². The Morgan fingerprint density at radius 1 is 0.896 bits per heavy atom. The van der Waals surface area contributed by atoms with Crippen LogP contribution in [0.3, 0.4) is 0 Å². The highest BCUT2D eigenvalue weighted by atomic mass is 31.2. The van der Waals surface area contributed by atoms with Crippen LogP contribution in [0.5, 0.6) is 0 Å². The molecule has 3 saturated carbocycles. The number of carbonyl (C=O) groups is 1. The van der Waals surface area contributed by atoms with Crippen molar-refractivity contribution in [3.05, 3.63) is 11.6 Å². The van der Waals surface area contributed by atoms with Crippen molar-refractivity contribution < 1.29 is 23.5 Å². The van der Waals surface area contributed by atoms with Gasteiger partial charge in [0.05, 0.1) is 6.61 Å². The van der Waals surface area contributed by atoms with Gasteiger partial charge in [-0.2, -0.15) is 0 Å². The second-order valence-electron chi connectivity index (χ2n) is 17.7. The first-order valence-electron chi connectivity index (χ1n) is 20.4. The van der Waals surface area contributed by atoms with Crippen LogP contribution in [0.25, 0.3) is 0 Å². The van der Waals surface area contributed by atoms with Gasteiger partial charge in [-0.3, -0.25) is 4.57 Å². The van der Waals surface area contributed by atoms with E-state index in [0.29, 0.717) is 24.0 Å². The van der Waals surface area contributed by atoms with Crippen molar-refractivity contribution in [3.63, 3.8) is 0 Å². The minimum atomic E-state index is -3.32. The van der Waals surface area contributed by atoms with Crippen molar-refractivity contribution in [2.75, 3.05) is 19.8 Å². The number of fused-ring (bicyclic) bond motifs is 5. The average Bonchev–Trinajstić information content (AvgIpc) is 3.38. The van der Waals surface area contributed by atoms with Gasteiger partial charge in [-0.15, -0.1) is 0 Å². The van der Waals surface area contributed by atoms with Crippen molar-refractivity contribution >= 4 is 13.7 Å². The van der Waals surface area contributed by atoms with Crippen LogP contribution in [-0.4, -0.2) is 36.9 Å². The first-order chi connectivity index (χ1) is 22.8. The van der Waals surface area contributed by atoms with E-state index >= 15 is 0 Å². The predicted octanol–water partition coefficient (Wildman–Crippen LogP) is 11.9. The normalized spacial score (nSPS) is 33.2. The van der Waals surface area contributed by atoms with Crippen LogP contribution in [0.2, 0.25) is 0 Å². The number of alkyl carbamates (subject to hydrolysis) is 1. The number of unbranched alkanes of at least 4 members (excludes halogenated alkanes) is 9. The van der Waals surface area contributed by atoms with Gasteiger partial charge in [0.15, 0.2) is 0 Å². The lowest BCUT2D eigenvalue weighted by Gasteiger charge is -2.58. The van der Waals surface area contributed by atoms with Gasteiger partial charge < -0.3 is 19.5 Å². The minimum Gasteiger partial charge on any atom is -0.446 e. The van der Waals surface area contributed by atoms with E-state index in [2.05, 4.69) is 46.0 Å². The number of hydrogen-bond acceptors (Lipinski definition) is 4. The Bertz CT molecular complexity index is 1070. The molecule has 0 aromatic heterocycles. The summed E-state index contributed by atoms with van der Waals surface area (Å²) in [7, 11) is -3.32. The summed E-state index contributed by atoms with van der Waals surface area (Å²) in [5.41, 5.74) is 2.41. The summed E-state index contributed by atoms with van der Waals surface area (Å²) in [5.74, 6) is 5.12. The lowest BCUT2D eigenvalue weighted by atomic mass is 9.47. The Morgan fingerprint density at radius 3 is 2.23 bits per heavy atom. The molecule has 6 nitrogen and oxygen atoms in total. The maximum atomic E-state index is 12.7. The molecule has 3 fully saturated rings. The smallest absolute Gasteiger partial charge is 0.407 e. The molecular formula is C41H74NO5P. The van der Waals surface area contributed by atoms with Crippen LogP contribution in [0.1, 0.15) is 169 Å². The highest BCUT2D eigenvalue weighted by Crippen LogP contribution is 2.67.